The highest BCUT2D eigenvalue weighted by Gasteiger charge is 2.11. The molecule has 0 aliphatic carbocycles. The van der Waals surface area contributed by atoms with E-state index in [1.807, 2.05) is 0 Å². The van der Waals surface area contributed by atoms with Crippen molar-refractivity contribution in [2.24, 2.45) is 5.16 Å². The van der Waals surface area contributed by atoms with Crippen LogP contribution in [0, 0.1) is 12.3 Å². The first kappa shape index (κ1) is 20.6. The van der Waals surface area contributed by atoms with Crippen LogP contribution in [0.3, 0.4) is 0 Å². The van der Waals surface area contributed by atoms with Gasteiger partial charge in [0.05, 0.1) is 17.8 Å². The van der Waals surface area contributed by atoms with Crippen molar-refractivity contribution in [2.75, 3.05) is 25.6 Å². The molecule has 0 radical (unpaired) electrons. The van der Waals surface area contributed by atoms with Crippen LogP contribution in [0.4, 0.5) is 5.69 Å². The van der Waals surface area contributed by atoms with Crippen LogP contribution < -0.4 is 14.8 Å². The Kier molecular flexibility index (Phi) is 7.99. The number of carbonyl (C=O) groups is 1. The smallest absolute Gasteiger partial charge is 0.265 e. The first-order chi connectivity index (χ1) is 13.0. The van der Waals surface area contributed by atoms with Crippen LogP contribution in [0.2, 0.25) is 5.02 Å². The first-order valence-corrected chi connectivity index (χ1v) is 8.85. The van der Waals surface area contributed by atoms with Crippen LogP contribution >= 0.6 is 27.5 Å². The zero-order chi connectivity index (χ0) is 19.6. The third kappa shape index (κ3) is 6.51. The lowest BCUT2D eigenvalue weighted by molar-refractivity contribution is -0.120. The number of rotatable bonds is 8. The van der Waals surface area contributed by atoms with Gasteiger partial charge in [-0.3, -0.25) is 4.79 Å². The van der Waals surface area contributed by atoms with Crippen LogP contribution in [-0.4, -0.2) is 32.4 Å². The SMILES string of the molecule is C#CCOc1c(Br)cc(/C=N/OCC(=O)Nc2ccc(Cl)cc2)cc1OC. The lowest BCUT2D eigenvalue weighted by Gasteiger charge is -2.11. The van der Waals surface area contributed by atoms with Gasteiger partial charge < -0.3 is 19.6 Å². The molecule has 0 aliphatic heterocycles. The molecule has 0 bridgehead atoms. The average Bonchev–Trinajstić information content (AvgIpc) is 2.66. The summed E-state index contributed by atoms with van der Waals surface area (Å²) in [5, 5.41) is 7.04. The third-order valence-electron chi connectivity index (χ3n) is 3.15. The summed E-state index contributed by atoms with van der Waals surface area (Å²) in [7, 11) is 1.52. The Balaban J connectivity index is 1.91. The van der Waals surface area contributed by atoms with Crippen LogP contribution in [0.25, 0.3) is 0 Å². The molecule has 0 saturated heterocycles. The van der Waals surface area contributed by atoms with Crippen molar-refractivity contribution in [2.45, 2.75) is 0 Å². The first-order valence-electron chi connectivity index (χ1n) is 7.68. The summed E-state index contributed by atoms with van der Waals surface area (Å²) >= 11 is 9.18. The predicted octanol–water partition coefficient (Wildman–Crippen LogP) is 4.11. The molecule has 0 aromatic heterocycles. The molecular formula is C19H16BrClN2O4. The van der Waals surface area contributed by atoms with Gasteiger partial charge in [0, 0.05) is 16.3 Å². The molecule has 0 aliphatic rings. The summed E-state index contributed by atoms with van der Waals surface area (Å²) in [6, 6.07) is 10.2. The van der Waals surface area contributed by atoms with Crippen molar-refractivity contribution < 1.29 is 19.1 Å². The van der Waals surface area contributed by atoms with Crippen molar-refractivity contribution >= 4 is 45.3 Å². The molecule has 6 nitrogen and oxygen atoms in total. The second-order valence-electron chi connectivity index (χ2n) is 5.09. The molecule has 140 valence electrons. The standard InChI is InChI=1S/C19H16BrClN2O4/c1-3-8-26-19-16(20)9-13(10-17(19)25-2)11-22-27-12-18(24)23-15-6-4-14(21)5-7-15/h1,4-7,9-11H,8,12H2,2H3,(H,23,24)/b22-11+. The highest BCUT2D eigenvalue weighted by molar-refractivity contribution is 9.10. The fourth-order valence-electron chi connectivity index (χ4n) is 1.99. The number of terminal acetylenes is 1. The number of nitrogens with zero attached hydrogens (tertiary/aromatic N) is 1. The van der Waals surface area contributed by atoms with Gasteiger partial charge >= 0.3 is 0 Å². The zero-order valence-electron chi connectivity index (χ0n) is 14.4. The van der Waals surface area contributed by atoms with Gasteiger partial charge in [0.25, 0.3) is 5.91 Å². The predicted molar refractivity (Wildman–Crippen MR) is 109 cm³/mol. The second-order valence-corrected chi connectivity index (χ2v) is 6.38. The summed E-state index contributed by atoms with van der Waals surface area (Å²) in [4.78, 5) is 16.8. The van der Waals surface area contributed by atoms with E-state index in [9.17, 15) is 4.79 Å². The summed E-state index contributed by atoms with van der Waals surface area (Å²) < 4.78 is 11.4. The van der Waals surface area contributed by atoms with E-state index in [1.54, 1.807) is 36.4 Å². The van der Waals surface area contributed by atoms with E-state index in [2.05, 4.69) is 32.3 Å². The summed E-state index contributed by atoms with van der Waals surface area (Å²) in [5.74, 6) is 3.03. The van der Waals surface area contributed by atoms with Crippen molar-refractivity contribution in [3.8, 4) is 23.8 Å². The quantitative estimate of drug-likeness (QED) is 0.372. The van der Waals surface area contributed by atoms with E-state index in [4.69, 9.17) is 32.3 Å². The largest absolute Gasteiger partial charge is 0.493 e. The number of ether oxygens (including phenoxy) is 2. The Morgan fingerprint density at radius 1 is 1.37 bits per heavy atom. The average molecular weight is 452 g/mol. The van der Waals surface area contributed by atoms with Gasteiger partial charge in [0.2, 0.25) is 0 Å². The molecule has 0 saturated carbocycles. The Hall–Kier alpha value is -2.69. The summed E-state index contributed by atoms with van der Waals surface area (Å²) in [6.45, 7) is -0.116. The summed E-state index contributed by atoms with van der Waals surface area (Å²) in [5.41, 5.74) is 1.30. The minimum Gasteiger partial charge on any atom is -0.493 e. The topological polar surface area (TPSA) is 69.2 Å². The fourth-order valence-corrected chi connectivity index (χ4v) is 2.69. The highest BCUT2D eigenvalue weighted by atomic mass is 79.9. The lowest BCUT2D eigenvalue weighted by atomic mass is 10.2. The summed E-state index contributed by atoms with van der Waals surface area (Å²) in [6.07, 6.45) is 6.65. The molecule has 2 rings (SSSR count). The molecule has 2 aromatic carbocycles. The number of halogens is 2. The fraction of sp³-hybridized carbons (Fsp3) is 0.158. The van der Waals surface area contributed by atoms with E-state index in [0.717, 1.165) is 0 Å². The number of amides is 1. The van der Waals surface area contributed by atoms with E-state index >= 15 is 0 Å². The molecule has 1 amide bonds. The van der Waals surface area contributed by atoms with Gasteiger partial charge in [0.15, 0.2) is 18.1 Å². The number of benzene rings is 2. The van der Waals surface area contributed by atoms with Gasteiger partial charge in [0.1, 0.15) is 6.61 Å². The molecule has 1 N–H and O–H groups in total. The number of methoxy groups -OCH3 is 1. The van der Waals surface area contributed by atoms with Gasteiger partial charge in [-0.15, -0.1) is 6.42 Å². The number of nitrogens with one attached hydrogen (secondary N) is 1. The minimum atomic E-state index is -0.341. The van der Waals surface area contributed by atoms with Crippen molar-refractivity contribution in [3.05, 3.63) is 51.5 Å². The van der Waals surface area contributed by atoms with E-state index in [0.29, 0.717) is 32.2 Å². The number of oxime groups is 1. The molecular weight excluding hydrogens is 436 g/mol. The molecule has 0 atom stereocenters. The van der Waals surface area contributed by atoms with Gasteiger partial charge in [-0.25, -0.2) is 0 Å². The van der Waals surface area contributed by atoms with Crippen LogP contribution in [-0.2, 0) is 9.63 Å². The van der Waals surface area contributed by atoms with Crippen LogP contribution in [0.1, 0.15) is 5.56 Å². The van der Waals surface area contributed by atoms with Crippen molar-refractivity contribution in [1.29, 1.82) is 0 Å². The molecule has 0 fully saturated rings. The van der Waals surface area contributed by atoms with Gasteiger partial charge in [-0.1, -0.05) is 22.7 Å². The van der Waals surface area contributed by atoms with Crippen molar-refractivity contribution in [3.63, 3.8) is 0 Å². The van der Waals surface area contributed by atoms with E-state index in [-0.39, 0.29) is 19.1 Å². The normalized spacial score (nSPS) is 10.3. The number of anilines is 1. The number of carbonyl (C=O) groups excluding carboxylic acids is 1. The monoisotopic (exact) mass is 450 g/mol. The van der Waals surface area contributed by atoms with Crippen LogP contribution in [0.15, 0.2) is 46.0 Å². The lowest BCUT2D eigenvalue weighted by Crippen LogP contribution is -2.16. The molecule has 8 heteroatoms. The van der Waals surface area contributed by atoms with E-state index in [1.165, 1.54) is 13.3 Å². The minimum absolute atomic E-state index is 0.119. The second kappa shape index (κ2) is 10.5. The third-order valence-corrected chi connectivity index (χ3v) is 3.99. The molecule has 27 heavy (non-hydrogen) atoms. The Bertz CT molecular complexity index is 863. The van der Waals surface area contributed by atoms with Crippen molar-refractivity contribution in [1.82, 2.24) is 0 Å². The highest BCUT2D eigenvalue weighted by Crippen LogP contribution is 2.36. The maximum atomic E-state index is 11.8. The van der Waals surface area contributed by atoms with Gasteiger partial charge in [-0.05, 0) is 52.3 Å². The van der Waals surface area contributed by atoms with Crippen LogP contribution in [0.5, 0.6) is 11.5 Å². The molecule has 2 aromatic rings. The molecule has 0 spiro atoms. The molecule has 0 unspecified atom stereocenters. The van der Waals surface area contributed by atoms with Gasteiger partial charge in [-0.2, -0.15) is 0 Å². The zero-order valence-corrected chi connectivity index (χ0v) is 16.7. The molecule has 0 heterocycles. The maximum Gasteiger partial charge on any atom is 0.265 e. The maximum absolute atomic E-state index is 11.8. The Labute approximate surface area is 170 Å². The van der Waals surface area contributed by atoms with E-state index < -0.39 is 0 Å². The number of hydrogen-bond donors (Lipinski definition) is 1. The Morgan fingerprint density at radius 2 is 2.11 bits per heavy atom. The Morgan fingerprint density at radius 3 is 2.78 bits per heavy atom. The number of hydrogen-bond acceptors (Lipinski definition) is 5.